The minimum Gasteiger partial charge on any atom is -0.384 e. The van der Waals surface area contributed by atoms with E-state index in [1.807, 2.05) is 45.2 Å². The van der Waals surface area contributed by atoms with Crippen molar-refractivity contribution < 1.29 is 4.39 Å². The van der Waals surface area contributed by atoms with Crippen LogP contribution >= 0.6 is 0 Å². The maximum atomic E-state index is 13.2. The molecule has 0 spiro atoms. The van der Waals surface area contributed by atoms with Crippen LogP contribution < -0.4 is 5.32 Å². The first-order valence-corrected chi connectivity index (χ1v) is 10.7. The third-order valence-electron chi connectivity index (χ3n) is 5.53. The average molecular weight is 428 g/mol. The van der Waals surface area contributed by atoms with Gasteiger partial charge >= 0.3 is 0 Å². The number of nitrogens with zero attached hydrogens (tertiary/aromatic N) is 1. The maximum absolute atomic E-state index is 13.2. The molecule has 0 aliphatic rings. The summed E-state index contributed by atoms with van der Waals surface area (Å²) in [6.07, 6.45) is 13.7. The fraction of sp³-hybridized carbons (Fsp3) is 0.250. The van der Waals surface area contributed by atoms with Crippen molar-refractivity contribution in [3.63, 3.8) is 0 Å². The van der Waals surface area contributed by atoms with Gasteiger partial charge in [0.05, 0.1) is 0 Å². The molecule has 0 saturated carbocycles. The Morgan fingerprint density at radius 2 is 2.03 bits per heavy atom. The largest absolute Gasteiger partial charge is 0.384 e. The molecule has 2 N–H and O–H groups in total. The molecule has 3 nitrogen and oxygen atoms in total. The van der Waals surface area contributed by atoms with Gasteiger partial charge in [-0.05, 0) is 73.9 Å². The fourth-order valence-electron chi connectivity index (χ4n) is 3.16. The number of rotatable bonds is 8. The Morgan fingerprint density at radius 3 is 2.72 bits per heavy atom. The molecule has 1 unspecified atom stereocenters. The summed E-state index contributed by atoms with van der Waals surface area (Å²) in [5.41, 5.74) is 5.51. The molecule has 1 atom stereocenters. The van der Waals surface area contributed by atoms with Gasteiger partial charge in [0, 0.05) is 40.9 Å². The van der Waals surface area contributed by atoms with Gasteiger partial charge in [0.25, 0.3) is 0 Å². The lowest BCUT2D eigenvalue weighted by Crippen LogP contribution is -2.27. The van der Waals surface area contributed by atoms with Crippen LogP contribution in [0.1, 0.15) is 39.2 Å². The van der Waals surface area contributed by atoms with Gasteiger partial charge in [0.1, 0.15) is 11.5 Å². The van der Waals surface area contributed by atoms with E-state index >= 15 is 0 Å². The summed E-state index contributed by atoms with van der Waals surface area (Å²) in [6, 6.07) is 10.6. The number of aromatic amines is 1. The fourth-order valence-corrected chi connectivity index (χ4v) is 3.16. The lowest BCUT2D eigenvalue weighted by Gasteiger charge is -2.20. The van der Waals surface area contributed by atoms with E-state index in [4.69, 9.17) is 6.42 Å². The molecule has 0 fully saturated rings. The van der Waals surface area contributed by atoms with Gasteiger partial charge in [-0.25, -0.2) is 9.37 Å². The Bertz CT molecular complexity index is 1200. The molecule has 164 valence electrons. The topological polar surface area (TPSA) is 40.7 Å². The van der Waals surface area contributed by atoms with Gasteiger partial charge in [-0.3, -0.25) is 0 Å². The molecular weight excluding hydrogens is 397 g/mol. The number of nitrogens with one attached hydrogen (secondary N) is 2. The molecule has 32 heavy (non-hydrogen) atoms. The highest BCUT2D eigenvalue weighted by Gasteiger charge is 2.13. The van der Waals surface area contributed by atoms with Crippen LogP contribution in [0.2, 0.25) is 0 Å². The number of benzene rings is 1. The summed E-state index contributed by atoms with van der Waals surface area (Å²) in [5, 5.41) is 4.34. The molecule has 0 radical (unpaired) electrons. The minimum absolute atomic E-state index is 0.196. The maximum Gasteiger partial charge on any atom is 0.137 e. The highest BCUT2D eigenvalue weighted by atomic mass is 19.1. The summed E-state index contributed by atoms with van der Waals surface area (Å²) in [6.45, 7) is 13.0. The summed E-state index contributed by atoms with van der Waals surface area (Å²) in [7, 11) is 0. The lowest BCUT2D eigenvalue weighted by atomic mass is 9.95. The van der Waals surface area contributed by atoms with Crippen molar-refractivity contribution in [2.24, 2.45) is 5.41 Å². The van der Waals surface area contributed by atoms with Crippen molar-refractivity contribution in [1.29, 1.82) is 0 Å². The number of fused-ring (bicyclic) bond motifs is 1. The van der Waals surface area contributed by atoms with Crippen LogP contribution in [-0.2, 0) is 0 Å². The molecule has 0 aliphatic carbocycles. The summed E-state index contributed by atoms with van der Waals surface area (Å²) < 4.78 is 13.2. The van der Waals surface area contributed by atoms with Crippen molar-refractivity contribution in [2.75, 3.05) is 6.54 Å². The first-order valence-electron chi connectivity index (χ1n) is 10.7. The zero-order valence-electron chi connectivity index (χ0n) is 19.2. The van der Waals surface area contributed by atoms with E-state index in [-0.39, 0.29) is 17.2 Å². The van der Waals surface area contributed by atoms with E-state index in [1.165, 1.54) is 12.1 Å². The summed E-state index contributed by atoms with van der Waals surface area (Å²) >= 11 is 0. The zero-order chi connectivity index (χ0) is 23.3. The molecule has 0 bridgehead atoms. The second-order valence-electron chi connectivity index (χ2n) is 8.78. The third-order valence-corrected chi connectivity index (χ3v) is 5.53. The van der Waals surface area contributed by atoms with Crippen LogP contribution in [0.5, 0.6) is 0 Å². The standard InChI is InChI=1S/C28H30FN3/c1-7-28(5,6)18-31-21(4)19(2)9-8-10-20(3)24-15-23-16-26(32-27(23)30-17-24)22-11-13-25(29)14-12-22/h1,8-17,20,31H,4,18H2,2-3,5-6H3,(H,30,32)/b10-8-,19-9+. The van der Waals surface area contributed by atoms with E-state index in [1.54, 1.807) is 12.1 Å². The van der Waals surface area contributed by atoms with Crippen molar-refractivity contribution >= 4 is 11.0 Å². The summed E-state index contributed by atoms with van der Waals surface area (Å²) in [5.74, 6) is 2.73. The van der Waals surface area contributed by atoms with Crippen LogP contribution in [0.25, 0.3) is 22.3 Å². The number of pyridine rings is 1. The normalized spacial score (nSPS) is 13.3. The average Bonchev–Trinajstić information content (AvgIpc) is 3.21. The number of terminal acetylenes is 1. The number of aromatic nitrogens is 2. The molecule has 2 heterocycles. The predicted molar refractivity (Wildman–Crippen MR) is 133 cm³/mol. The van der Waals surface area contributed by atoms with Crippen LogP contribution in [0.15, 0.2) is 78.7 Å². The Labute approximate surface area is 190 Å². The number of hydrogen-bond donors (Lipinski definition) is 2. The van der Waals surface area contributed by atoms with Gasteiger partial charge in [-0.2, -0.15) is 0 Å². The number of hydrogen-bond acceptors (Lipinski definition) is 2. The first kappa shape index (κ1) is 23.1. The predicted octanol–water partition coefficient (Wildman–Crippen LogP) is 6.74. The Morgan fingerprint density at radius 1 is 1.31 bits per heavy atom. The molecule has 3 aromatic rings. The van der Waals surface area contributed by atoms with E-state index in [9.17, 15) is 4.39 Å². The van der Waals surface area contributed by atoms with E-state index in [2.05, 4.69) is 46.9 Å². The Kier molecular flexibility index (Phi) is 7.00. The second-order valence-corrected chi connectivity index (χ2v) is 8.78. The SMILES string of the molecule is C#CC(C)(C)CNC(=C)/C(C)=C/C=C\C(C)c1cnc2[nH]c(-c3ccc(F)cc3)cc2c1. The molecule has 0 aliphatic heterocycles. The highest BCUT2D eigenvalue weighted by molar-refractivity contribution is 5.83. The quantitative estimate of drug-likeness (QED) is 0.309. The van der Waals surface area contributed by atoms with Gasteiger partial charge in [0.15, 0.2) is 0 Å². The van der Waals surface area contributed by atoms with Gasteiger partial charge in [-0.15, -0.1) is 6.42 Å². The van der Waals surface area contributed by atoms with Gasteiger partial charge in [0.2, 0.25) is 0 Å². The first-order chi connectivity index (χ1) is 15.2. The van der Waals surface area contributed by atoms with Crippen molar-refractivity contribution in [3.05, 3.63) is 90.1 Å². The number of allylic oxidation sites excluding steroid dienone is 4. The van der Waals surface area contributed by atoms with Crippen molar-refractivity contribution in [3.8, 4) is 23.6 Å². The monoisotopic (exact) mass is 427 g/mol. The molecule has 4 heteroatoms. The molecule has 0 amide bonds. The Balaban J connectivity index is 1.68. The highest BCUT2D eigenvalue weighted by Crippen LogP contribution is 2.26. The van der Waals surface area contributed by atoms with Gasteiger partial charge in [-0.1, -0.05) is 37.7 Å². The van der Waals surface area contributed by atoms with Crippen LogP contribution in [0, 0.1) is 23.6 Å². The van der Waals surface area contributed by atoms with E-state index < -0.39 is 0 Å². The molecule has 0 saturated heterocycles. The lowest BCUT2D eigenvalue weighted by molar-refractivity contribution is 0.478. The number of H-pyrrole nitrogens is 1. The summed E-state index contributed by atoms with van der Waals surface area (Å²) in [4.78, 5) is 7.88. The van der Waals surface area contributed by atoms with E-state index in [0.29, 0.717) is 6.54 Å². The molecule has 1 aromatic carbocycles. The molecule has 3 rings (SSSR count). The molecule has 2 aromatic heterocycles. The second kappa shape index (κ2) is 9.70. The van der Waals surface area contributed by atoms with Crippen LogP contribution in [-0.4, -0.2) is 16.5 Å². The van der Waals surface area contributed by atoms with E-state index in [0.717, 1.165) is 39.1 Å². The van der Waals surface area contributed by atoms with Gasteiger partial charge < -0.3 is 10.3 Å². The zero-order valence-corrected chi connectivity index (χ0v) is 19.2. The third kappa shape index (κ3) is 5.76. The van der Waals surface area contributed by atoms with Crippen LogP contribution in [0.4, 0.5) is 4.39 Å². The van der Waals surface area contributed by atoms with Crippen molar-refractivity contribution in [2.45, 2.75) is 33.6 Å². The smallest absolute Gasteiger partial charge is 0.137 e. The Hall–Kier alpha value is -3.58. The molecular formula is C28H30FN3. The minimum atomic E-state index is -0.245. The van der Waals surface area contributed by atoms with Crippen LogP contribution in [0.3, 0.4) is 0 Å². The number of halogens is 1. The van der Waals surface area contributed by atoms with Crippen molar-refractivity contribution in [1.82, 2.24) is 15.3 Å².